The minimum atomic E-state index is -5.58. The van der Waals surface area contributed by atoms with Crippen LogP contribution in [0.15, 0.2) is 105 Å². The van der Waals surface area contributed by atoms with Gasteiger partial charge in [-0.15, -0.1) is 0 Å². The minimum Gasteiger partial charge on any atom is -0.507 e. The highest BCUT2D eigenvalue weighted by atomic mass is 32.1. The monoisotopic (exact) mass is 2140 g/mol. The number of phenols is 4. The standard InChI is InChI=1S/C48H60N4O21P2S.C44H56N4O18P2S/c1-25-42(57)31(51-35(54)11-12-36(55)56)18-37(72-25)73-33-20-47(62,19-30-39(33)46(61)41-40(44(30)59)43(58)29-9-5-10-32(70-3)38(29)45(41)60)34(24-53)50-23-28(76)22-49-21-26-7-4-8-27(17-26)71-16-6-14-52(2)15-13-48(63,74(64,65)66)75(67,68)69;1-23-38(50)29(45)16-33(65-23)66-31-18-43(55,17-28-35(31)42(54)37-36(40(28)52)39(51)27-9-5-10-30(63-3)34(27)41(37)53)32(22-49)47-21-26(69)20-46-19-24-7-4-8-25(15-24)64-14-6-12-48(2)13-11-44(56,67(57,58)59)68(60,61)62/h4-5,7-10,17,21,25,31,33,37,42,53,57,59,61-63H,6,11-16,18-20,22-24H2,1-3H3,(H,51,54)(H,55,56)(H2,64,65,66)(H2,67,68,69);4-5,7-10,15,19,23,29,31,33,38,49-50,52,54-56H,6,11-14,16-18,20-22,45H2,1-3H3,(H2,57,58,59)(H2,60,61,62)/t25-,31-,33-,37-,42+,47-;23-,29-,31-,33-,38+,43-/m00/s1. The summed E-state index contributed by atoms with van der Waals surface area (Å²) in [6, 6.07) is 20.5. The molecule has 2 aliphatic heterocycles. The molecule has 0 unspecified atom stereocenters. The summed E-state index contributed by atoms with van der Waals surface area (Å²) in [5.41, 5.74) is -0.528. The fraction of sp³-hybridized carbons (Fsp3) is 0.478. The Labute approximate surface area is 839 Å². The number of nitrogens with two attached hydrogens (primary N) is 1. The number of thiocarbonyl (C=S) groups is 2. The van der Waals surface area contributed by atoms with Crippen molar-refractivity contribution < 1.29 is 190 Å². The van der Waals surface area contributed by atoms with Crippen LogP contribution < -0.4 is 30.0 Å². The fourth-order valence-corrected chi connectivity index (χ4v) is 22.3. The summed E-state index contributed by atoms with van der Waals surface area (Å²) in [6.07, 6.45) is -10.4. The number of hydrogen-bond acceptors (Lipinski definition) is 39. The topological polar surface area (TPSA) is 763 Å². The van der Waals surface area contributed by atoms with Crippen LogP contribution >= 0.6 is 54.8 Å². The summed E-state index contributed by atoms with van der Waals surface area (Å²) >= 11 is 11.1. The average Bonchev–Trinajstić information content (AvgIpc) is 0.710. The van der Waals surface area contributed by atoms with E-state index in [0.717, 1.165) is 0 Å². The smallest absolute Gasteiger partial charge is 0.369 e. The Kier molecular flexibility index (Phi) is 38.1. The molecule has 53 heteroatoms. The van der Waals surface area contributed by atoms with E-state index in [9.17, 15) is 147 Å². The number of methoxy groups -OCH3 is 2. The molecule has 0 spiro atoms. The zero-order chi connectivity index (χ0) is 107. The minimum absolute atomic E-state index is 0.00632. The highest BCUT2D eigenvalue weighted by molar-refractivity contribution is 7.80. The van der Waals surface area contributed by atoms with E-state index < -0.39 is 258 Å². The molecule has 0 saturated carbocycles. The molecule has 12 rings (SSSR count). The number of ether oxygens (including phenoxy) is 8. The third-order valence-corrected chi connectivity index (χ3v) is 33.9. The van der Waals surface area contributed by atoms with Crippen molar-refractivity contribution in [1.82, 2.24) is 15.1 Å². The molecule has 47 nitrogen and oxygen atoms in total. The first kappa shape index (κ1) is 115. The van der Waals surface area contributed by atoms with Crippen LogP contribution in [0.4, 0.5) is 0 Å². The molecule has 6 aromatic rings. The molecular weight excluding hydrogens is 2030 g/mol. The molecule has 12 atom stereocenters. The average molecular weight is 2150 g/mol. The van der Waals surface area contributed by atoms with Crippen molar-refractivity contribution in [1.29, 1.82) is 0 Å². The van der Waals surface area contributed by atoms with Gasteiger partial charge < -0.3 is 164 Å². The maximum absolute atomic E-state index is 14.2. The van der Waals surface area contributed by atoms with Gasteiger partial charge in [-0.05, 0) is 88.3 Å². The second-order valence-corrected chi connectivity index (χ2v) is 45.0. The number of aliphatic imine (C=N–C) groups is 4. The number of carbonyl (C=O) groups excluding carboxylic acids is 5. The number of phenolic OH excluding ortho intramolecular Hbond substituents is 4. The van der Waals surface area contributed by atoms with E-state index in [1.54, 1.807) is 62.5 Å². The number of rotatable bonds is 44. The van der Waals surface area contributed by atoms with Crippen LogP contribution in [0.25, 0.3) is 0 Å². The maximum Gasteiger partial charge on any atom is 0.369 e. The highest BCUT2D eigenvalue weighted by Gasteiger charge is 2.61. The summed E-state index contributed by atoms with van der Waals surface area (Å²) in [4.78, 5) is 176. The van der Waals surface area contributed by atoms with Crippen LogP contribution in [-0.2, 0) is 59.6 Å². The molecule has 790 valence electrons. The molecule has 4 aliphatic carbocycles. The van der Waals surface area contributed by atoms with Gasteiger partial charge in [0.1, 0.15) is 63.3 Å². The van der Waals surface area contributed by atoms with E-state index in [4.69, 9.17) is 73.2 Å². The Bertz CT molecular complexity index is 6190. The van der Waals surface area contributed by atoms with Crippen LogP contribution in [0.2, 0.25) is 0 Å². The quantitative estimate of drug-likeness (QED) is 0.00858. The summed E-state index contributed by atoms with van der Waals surface area (Å²) in [5, 5.41) is 140. The SMILES string of the molecule is COc1cccc2c1C(=O)c1c(O)c3c(c(O)c1C2=O)C[C@@](O)(C(CO)=NCC(=S)CN=Cc1cccc(OCCCN(C)CCC(O)(P(=O)(O)O)P(=O)(O)O)c1)C[C@@H]3O[C@H]1C[C@H](N)[C@H](O)[C@H](C)O1.COc1cccc2c1C(=O)c1c(O)c3c(c(O)c1C2=O)C[C@@](O)(C(CO)=NCC(=S)CN=Cc1cccc(OCCCN(C)CCC(O)(P(=O)(O)O)P(=O)(O)O)c1)C[C@@H]3O[C@H]1C[C@H](NC(=O)CCC(=O)O)[C@H](O)[C@H](C)O1. The van der Waals surface area contributed by atoms with E-state index >= 15 is 0 Å². The van der Waals surface area contributed by atoms with Crippen molar-refractivity contribution in [3.8, 4) is 46.0 Å². The second kappa shape index (κ2) is 47.8. The first-order valence-electron chi connectivity index (χ1n) is 45.3. The van der Waals surface area contributed by atoms with Gasteiger partial charge in [0.25, 0.3) is 10.2 Å². The zero-order valence-corrected chi connectivity index (χ0v) is 84.3. The number of carboxylic acid groups (broad SMARTS) is 1. The first-order chi connectivity index (χ1) is 68.0. The van der Waals surface area contributed by atoms with Crippen molar-refractivity contribution in [2.75, 3.05) is 107 Å². The maximum atomic E-state index is 14.2. The van der Waals surface area contributed by atoms with Crippen molar-refractivity contribution in [2.45, 2.75) is 174 Å². The molecule has 0 radical (unpaired) electrons. The molecule has 0 aromatic heterocycles. The molecule has 145 heavy (non-hydrogen) atoms. The van der Waals surface area contributed by atoms with Crippen LogP contribution in [0.5, 0.6) is 46.0 Å². The third-order valence-electron chi connectivity index (χ3n) is 25.6. The summed E-state index contributed by atoms with van der Waals surface area (Å²) in [7, 11) is -16.6. The van der Waals surface area contributed by atoms with E-state index in [-0.39, 0.29) is 144 Å². The largest absolute Gasteiger partial charge is 0.507 e. The Balaban J connectivity index is 0.000000277. The predicted molar refractivity (Wildman–Crippen MR) is 524 cm³/mol. The molecule has 2 fully saturated rings. The zero-order valence-electron chi connectivity index (χ0n) is 79.1. The summed E-state index contributed by atoms with van der Waals surface area (Å²) in [6.45, 7) is 1.38. The predicted octanol–water partition coefficient (Wildman–Crippen LogP) is 2.93. The second-order valence-electron chi connectivity index (χ2n) is 35.8. The molecule has 6 aliphatic rings. The number of aliphatic hydroxyl groups excluding tert-OH is 4. The van der Waals surface area contributed by atoms with Gasteiger partial charge in [-0.3, -0.25) is 67.0 Å². The first-order valence-corrected chi connectivity index (χ1v) is 52.5. The normalized spacial score (nSPS) is 22.6. The Morgan fingerprint density at radius 3 is 1.30 bits per heavy atom. The van der Waals surface area contributed by atoms with Gasteiger partial charge in [0, 0.05) is 146 Å². The van der Waals surface area contributed by atoms with E-state index in [0.29, 0.717) is 46.9 Å². The van der Waals surface area contributed by atoms with Gasteiger partial charge in [-0.1, -0.05) is 73.0 Å². The summed E-state index contributed by atoms with van der Waals surface area (Å²) in [5.74, 6) is -7.02. The molecule has 0 bridgehead atoms. The van der Waals surface area contributed by atoms with Gasteiger partial charge in [0.05, 0.1) is 155 Å². The molecule has 24 N–H and O–H groups in total. The van der Waals surface area contributed by atoms with E-state index in [1.165, 1.54) is 86.8 Å². The Morgan fingerprint density at radius 2 is 0.924 bits per heavy atom. The van der Waals surface area contributed by atoms with Crippen molar-refractivity contribution >= 4 is 123 Å². The lowest BCUT2D eigenvalue weighted by atomic mass is 9.71. The number of carbonyl (C=O) groups is 6. The molecule has 6 aromatic carbocycles. The van der Waals surface area contributed by atoms with Gasteiger partial charge >= 0.3 is 36.4 Å². The van der Waals surface area contributed by atoms with E-state index in [1.807, 2.05) is 0 Å². The molecule has 2 saturated heterocycles. The number of hydrogen-bond donors (Lipinski definition) is 23. The lowest BCUT2D eigenvalue weighted by molar-refractivity contribution is -0.248. The van der Waals surface area contributed by atoms with Crippen LogP contribution in [0.1, 0.15) is 187 Å². The third kappa shape index (κ3) is 26.2. The molecular formula is C92H116N8O39P4S2. The molecule has 2 heterocycles. The number of ketones is 4. The number of amides is 1. The number of aliphatic hydroxyl groups is 8. The van der Waals surface area contributed by atoms with E-state index in [2.05, 4.69) is 25.3 Å². The number of aromatic hydroxyl groups is 4. The number of benzene rings is 6. The lowest BCUT2D eigenvalue weighted by Crippen LogP contribution is -2.56. The van der Waals surface area contributed by atoms with Crippen LogP contribution in [0, 0.1) is 0 Å². The Hall–Kier alpha value is -9.80. The fourth-order valence-electron chi connectivity index (χ4n) is 17.7. The number of carboxylic acids is 1. The highest BCUT2D eigenvalue weighted by Crippen LogP contribution is 2.70. The number of nitrogens with zero attached hydrogens (tertiary/aromatic N) is 6. The number of fused-ring (bicyclic) bond motifs is 6. The van der Waals surface area contributed by atoms with Gasteiger partial charge in [0.2, 0.25) is 17.5 Å². The van der Waals surface area contributed by atoms with Crippen LogP contribution in [0.3, 0.4) is 0 Å². The number of aliphatic carboxylic acids is 1. The lowest BCUT2D eigenvalue weighted by Gasteiger charge is -2.43. The Morgan fingerprint density at radius 1 is 0.545 bits per heavy atom. The van der Waals surface area contributed by atoms with Crippen LogP contribution in [-0.4, -0.2) is 361 Å². The van der Waals surface area contributed by atoms with Gasteiger partial charge in [-0.25, -0.2) is 0 Å². The van der Waals surface area contributed by atoms with Crippen molar-refractivity contribution in [3.05, 3.63) is 163 Å². The summed E-state index contributed by atoms with van der Waals surface area (Å²) < 4.78 is 93.5. The van der Waals surface area contributed by atoms with Gasteiger partial charge in [0.15, 0.2) is 24.1 Å². The molecule has 1 amide bonds. The van der Waals surface area contributed by atoms with Gasteiger partial charge in [-0.2, -0.15) is 0 Å². The van der Waals surface area contributed by atoms with Crippen molar-refractivity contribution in [3.63, 3.8) is 0 Å². The number of nitrogens with one attached hydrogen (secondary N) is 1. The van der Waals surface area contributed by atoms with Crippen molar-refractivity contribution in [2.24, 2.45) is 25.7 Å².